The zero-order valence-corrected chi connectivity index (χ0v) is 14.8. The van der Waals surface area contributed by atoms with E-state index in [4.69, 9.17) is 14.2 Å². The van der Waals surface area contributed by atoms with E-state index in [1.807, 2.05) is 0 Å². The second kappa shape index (κ2) is 10.3. The standard InChI is InChI=1S/C16H27NO8/c1-4-6-11(20)24-15-13(17-9(3)19)16(25-12(21)7-5-2)23-10(8-18)14(15)22/h10,13-16,18,22H,4-8H2,1-3H3,(H,17,19)/t10?,13?,14-,15+,16?/m0/s1. The maximum absolute atomic E-state index is 11.9. The number of hydrogen-bond acceptors (Lipinski definition) is 8. The van der Waals surface area contributed by atoms with Crippen LogP contribution in [0.1, 0.15) is 46.5 Å². The van der Waals surface area contributed by atoms with Crippen molar-refractivity contribution in [2.24, 2.45) is 0 Å². The van der Waals surface area contributed by atoms with Gasteiger partial charge in [-0.1, -0.05) is 13.8 Å². The molecule has 0 aromatic rings. The molecule has 0 aromatic heterocycles. The highest BCUT2D eigenvalue weighted by molar-refractivity contribution is 5.74. The van der Waals surface area contributed by atoms with Crippen molar-refractivity contribution in [3.05, 3.63) is 0 Å². The molecule has 9 heteroatoms. The van der Waals surface area contributed by atoms with Gasteiger partial charge in [-0.2, -0.15) is 0 Å². The first kappa shape index (κ1) is 21.3. The molecule has 3 N–H and O–H groups in total. The van der Waals surface area contributed by atoms with Gasteiger partial charge in [-0.3, -0.25) is 14.4 Å². The molecule has 1 rings (SSSR count). The van der Waals surface area contributed by atoms with Gasteiger partial charge < -0.3 is 29.7 Å². The monoisotopic (exact) mass is 361 g/mol. The van der Waals surface area contributed by atoms with Gasteiger partial charge in [0.1, 0.15) is 18.2 Å². The van der Waals surface area contributed by atoms with Crippen molar-refractivity contribution in [1.29, 1.82) is 0 Å². The van der Waals surface area contributed by atoms with Crippen molar-refractivity contribution >= 4 is 17.8 Å². The maximum atomic E-state index is 11.9. The summed E-state index contributed by atoms with van der Waals surface area (Å²) in [5.74, 6) is -1.61. The van der Waals surface area contributed by atoms with E-state index in [1.165, 1.54) is 6.92 Å². The van der Waals surface area contributed by atoms with Gasteiger partial charge in [0.05, 0.1) is 6.61 Å². The van der Waals surface area contributed by atoms with Crippen molar-refractivity contribution in [2.75, 3.05) is 6.61 Å². The average molecular weight is 361 g/mol. The summed E-state index contributed by atoms with van der Waals surface area (Å²) >= 11 is 0. The highest BCUT2D eigenvalue weighted by Crippen LogP contribution is 2.25. The molecule has 0 bridgehead atoms. The molecular weight excluding hydrogens is 334 g/mol. The summed E-state index contributed by atoms with van der Waals surface area (Å²) in [7, 11) is 0. The SMILES string of the molecule is CCCC(=O)OC1OC(CO)[C@H](O)[C@H](OC(=O)CCC)C1NC(C)=O. The molecular formula is C16H27NO8. The van der Waals surface area contributed by atoms with E-state index in [-0.39, 0.29) is 12.8 Å². The van der Waals surface area contributed by atoms with Gasteiger partial charge in [-0.05, 0) is 12.8 Å². The van der Waals surface area contributed by atoms with Gasteiger partial charge in [-0.25, -0.2) is 0 Å². The molecule has 1 saturated heterocycles. The molecule has 5 atom stereocenters. The van der Waals surface area contributed by atoms with Crippen LogP contribution in [-0.2, 0) is 28.6 Å². The van der Waals surface area contributed by atoms with Crippen LogP contribution in [-0.4, -0.2) is 65.3 Å². The number of carbonyl (C=O) groups is 3. The summed E-state index contributed by atoms with van der Waals surface area (Å²) in [5.41, 5.74) is 0. The minimum absolute atomic E-state index is 0.126. The van der Waals surface area contributed by atoms with Crippen LogP contribution in [0.15, 0.2) is 0 Å². The van der Waals surface area contributed by atoms with Gasteiger partial charge in [0.25, 0.3) is 0 Å². The van der Waals surface area contributed by atoms with Crippen LogP contribution in [0.2, 0.25) is 0 Å². The fourth-order valence-electron chi connectivity index (χ4n) is 2.50. The van der Waals surface area contributed by atoms with E-state index >= 15 is 0 Å². The minimum Gasteiger partial charge on any atom is -0.457 e. The Labute approximate surface area is 146 Å². The quantitative estimate of drug-likeness (QED) is 0.499. The Morgan fingerprint density at radius 2 is 1.64 bits per heavy atom. The molecule has 0 spiro atoms. The van der Waals surface area contributed by atoms with E-state index in [2.05, 4.69) is 5.32 Å². The number of ether oxygens (including phenoxy) is 3. The third-order valence-electron chi connectivity index (χ3n) is 3.65. The Kier molecular flexibility index (Phi) is 8.81. The molecule has 1 aliphatic rings. The lowest BCUT2D eigenvalue weighted by molar-refractivity contribution is -0.267. The smallest absolute Gasteiger partial charge is 0.308 e. The highest BCUT2D eigenvalue weighted by Gasteiger charge is 2.49. The van der Waals surface area contributed by atoms with Gasteiger partial charge in [0.2, 0.25) is 12.2 Å². The first-order chi connectivity index (χ1) is 11.8. The molecule has 9 nitrogen and oxygen atoms in total. The zero-order chi connectivity index (χ0) is 19.0. The molecule has 144 valence electrons. The van der Waals surface area contributed by atoms with Gasteiger partial charge in [0.15, 0.2) is 6.10 Å². The Bertz CT molecular complexity index is 469. The van der Waals surface area contributed by atoms with Gasteiger partial charge in [-0.15, -0.1) is 0 Å². The van der Waals surface area contributed by atoms with E-state index in [0.29, 0.717) is 12.8 Å². The van der Waals surface area contributed by atoms with Crippen LogP contribution in [0, 0.1) is 0 Å². The summed E-state index contributed by atoms with van der Waals surface area (Å²) in [4.78, 5) is 35.2. The van der Waals surface area contributed by atoms with Crippen molar-refractivity contribution in [3.63, 3.8) is 0 Å². The fraction of sp³-hybridized carbons (Fsp3) is 0.812. The second-order valence-corrected chi connectivity index (χ2v) is 5.89. The third kappa shape index (κ3) is 6.26. The van der Waals surface area contributed by atoms with Crippen molar-refractivity contribution in [2.45, 2.75) is 77.1 Å². The fourth-order valence-corrected chi connectivity index (χ4v) is 2.50. The minimum atomic E-state index is -1.39. The van der Waals surface area contributed by atoms with E-state index in [0.717, 1.165) is 0 Å². The second-order valence-electron chi connectivity index (χ2n) is 5.89. The van der Waals surface area contributed by atoms with E-state index in [1.54, 1.807) is 13.8 Å². The lowest BCUT2D eigenvalue weighted by Crippen LogP contribution is -2.65. The Hall–Kier alpha value is -1.71. The number of rotatable bonds is 8. The number of hydrogen-bond donors (Lipinski definition) is 3. The van der Waals surface area contributed by atoms with Gasteiger partial charge >= 0.3 is 11.9 Å². The van der Waals surface area contributed by atoms with Gasteiger partial charge in [0, 0.05) is 19.8 Å². The molecule has 1 amide bonds. The average Bonchev–Trinajstić information content (AvgIpc) is 2.53. The van der Waals surface area contributed by atoms with Crippen LogP contribution in [0.3, 0.4) is 0 Å². The number of aliphatic hydroxyl groups excluding tert-OH is 2. The van der Waals surface area contributed by atoms with Crippen molar-refractivity contribution < 1.29 is 38.8 Å². The lowest BCUT2D eigenvalue weighted by atomic mass is 9.96. The largest absolute Gasteiger partial charge is 0.457 e. The van der Waals surface area contributed by atoms with E-state index < -0.39 is 55.1 Å². The number of carbonyl (C=O) groups excluding carboxylic acids is 3. The lowest BCUT2D eigenvalue weighted by Gasteiger charge is -2.43. The predicted molar refractivity (Wildman–Crippen MR) is 85.1 cm³/mol. The molecule has 1 aliphatic heterocycles. The highest BCUT2D eigenvalue weighted by atomic mass is 16.7. The van der Waals surface area contributed by atoms with Crippen LogP contribution in [0.5, 0.6) is 0 Å². The summed E-state index contributed by atoms with van der Waals surface area (Å²) in [5, 5.41) is 22.2. The van der Waals surface area contributed by atoms with E-state index in [9.17, 15) is 24.6 Å². The van der Waals surface area contributed by atoms with Crippen molar-refractivity contribution in [1.82, 2.24) is 5.32 Å². The summed E-state index contributed by atoms with van der Waals surface area (Å²) < 4.78 is 15.9. The molecule has 25 heavy (non-hydrogen) atoms. The van der Waals surface area contributed by atoms with Crippen LogP contribution in [0.4, 0.5) is 0 Å². The number of esters is 2. The topological polar surface area (TPSA) is 131 Å². The van der Waals surface area contributed by atoms with Crippen LogP contribution >= 0.6 is 0 Å². The Balaban J connectivity index is 3.04. The molecule has 1 fully saturated rings. The maximum Gasteiger partial charge on any atom is 0.308 e. The summed E-state index contributed by atoms with van der Waals surface area (Å²) in [6.45, 7) is 4.25. The molecule has 0 radical (unpaired) electrons. The normalized spacial score (nSPS) is 28.9. The number of amides is 1. The van der Waals surface area contributed by atoms with Crippen LogP contribution in [0.25, 0.3) is 0 Å². The molecule has 0 aromatic carbocycles. The molecule has 0 aliphatic carbocycles. The molecule has 3 unspecified atom stereocenters. The number of aliphatic hydroxyl groups is 2. The zero-order valence-electron chi connectivity index (χ0n) is 14.8. The number of nitrogens with one attached hydrogen (secondary N) is 1. The molecule has 1 heterocycles. The molecule has 0 saturated carbocycles. The van der Waals surface area contributed by atoms with Crippen molar-refractivity contribution in [3.8, 4) is 0 Å². The Morgan fingerprint density at radius 3 is 2.12 bits per heavy atom. The predicted octanol–water partition coefficient (Wildman–Crippen LogP) is -0.376. The third-order valence-corrected chi connectivity index (χ3v) is 3.65. The Morgan fingerprint density at radius 1 is 1.08 bits per heavy atom. The summed E-state index contributed by atoms with van der Waals surface area (Å²) in [6, 6.07) is -1.09. The first-order valence-electron chi connectivity index (χ1n) is 8.44. The van der Waals surface area contributed by atoms with Crippen LogP contribution < -0.4 is 5.32 Å². The first-order valence-corrected chi connectivity index (χ1v) is 8.44. The summed E-state index contributed by atoms with van der Waals surface area (Å²) in [6.07, 6.45) is -3.65.